The first-order valence-corrected chi connectivity index (χ1v) is 6.50. The van der Waals surface area contributed by atoms with Crippen molar-refractivity contribution in [2.45, 2.75) is 39.8 Å². The van der Waals surface area contributed by atoms with E-state index in [1.165, 1.54) is 0 Å². The molecule has 21 heavy (non-hydrogen) atoms. The highest BCUT2D eigenvalue weighted by molar-refractivity contribution is 5.67. The molecule has 0 saturated carbocycles. The lowest BCUT2D eigenvalue weighted by molar-refractivity contribution is 0.0522. The summed E-state index contributed by atoms with van der Waals surface area (Å²) in [4.78, 5) is 11.6. The van der Waals surface area contributed by atoms with Gasteiger partial charge in [0.2, 0.25) is 0 Å². The Kier molecular flexibility index (Phi) is 4.08. The zero-order chi connectivity index (χ0) is 15.5. The van der Waals surface area contributed by atoms with Crippen LogP contribution in [0.15, 0.2) is 12.1 Å². The predicted molar refractivity (Wildman–Crippen MR) is 76.4 cm³/mol. The Balaban J connectivity index is 2.13. The number of ether oxygens (including phenoxy) is 1. The van der Waals surface area contributed by atoms with Crippen LogP contribution in [0.25, 0.3) is 5.65 Å². The van der Waals surface area contributed by atoms with Crippen molar-refractivity contribution in [2.24, 2.45) is 0 Å². The van der Waals surface area contributed by atoms with Crippen LogP contribution < -0.4 is 5.32 Å². The summed E-state index contributed by atoms with van der Waals surface area (Å²) < 4.78 is 6.71. The molecule has 1 amide bonds. The smallest absolute Gasteiger partial charge is 0.408 e. The molecule has 7 heteroatoms. The van der Waals surface area contributed by atoms with Gasteiger partial charge in [-0.05, 0) is 45.7 Å². The minimum atomic E-state index is -0.543. The van der Waals surface area contributed by atoms with Gasteiger partial charge in [0.25, 0.3) is 0 Å². The largest absolute Gasteiger partial charge is 0.444 e. The van der Waals surface area contributed by atoms with E-state index in [0.29, 0.717) is 17.2 Å². The first kappa shape index (κ1) is 14.8. The number of carbonyl (C=O) groups excluding carboxylic acids is 1. The maximum Gasteiger partial charge on any atom is 0.408 e. The molecule has 7 nitrogen and oxygen atoms in total. The molecule has 0 bridgehead atoms. The SMILES string of the molecule is CC#Cc1ccc2nnc(CNC(=O)OC(C)(C)C)n2n1. The Morgan fingerprint density at radius 3 is 2.81 bits per heavy atom. The van der Waals surface area contributed by atoms with Crippen LogP contribution >= 0.6 is 0 Å². The van der Waals surface area contributed by atoms with E-state index in [0.717, 1.165) is 0 Å². The molecule has 110 valence electrons. The number of nitrogens with one attached hydrogen (secondary N) is 1. The Labute approximate surface area is 122 Å². The summed E-state index contributed by atoms with van der Waals surface area (Å²) in [5.74, 6) is 6.15. The van der Waals surface area contributed by atoms with E-state index >= 15 is 0 Å². The van der Waals surface area contributed by atoms with Gasteiger partial charge in [-0.2, -0.15) is 9.61 Å². The third kappa shape index (κ3) is 3.92. The standard InChI is InChI=1S/C14H17N5O2/c1-5-6-10-7-8-11-16-17-12(19(11)18-10)9-15-13(20)21-14(2,3)4/h7-8H,9H2,1-4H3,(H,15,20). The first-order chi connectivity index (χ1) is 9.89. The maximum atomic E-state index is 11.6. The van der Waals surface area contributed by atoms with Gasteiger partial charge < -0.3 is 10.1 Å². The summed E-state index contributed by atoms with van der Waals surface area (Å²) >= 11 is 0. The molecule has 2 rings (SSSR count). The van der Waals surface area contributed by atoms with Crippen LogP contribution in [-0.2, 0) is 11.3 Å². The third-order valence-electron chi connectivity index (χ3n) is 2.37. The van der Waals surface area contributed by atoms with Crippen LogP contribution in [0.5, 0.6) is 0 Å². The van der Waals surface area contributed by atoms with Crippen LogP contribution in [0, 0.1) is 11.8 Å². The summed E-state index contributed by atoms with van der Waals surface area (Å²) in [5, 5.41) is 14.9. The van der Waals surface area contributed by atoms with Crippen molar-refractivity contribution in [3.05, 3.63) is 23.7 Å². The maximum absolute atomic E-state index is 11.6. The van der Waals surface area contributed by atoms with Crippen molar-refractivity contribution in [3.63, 3.8) is 0 Å². The summed E-state index contributed by atoms with van der Waals surface area (Å²) in [6.07, 6.45) is -0.510. The van der Waals surface area contributed by atoms with E-state index < -0.39 is 11.7 Å². The summed E-state index contributed by atoms with van der Waals surface area (Å²) in [7, 11) is 0. The lowest BCUT2D eigenvalue weighted by Gasteiger charge is -2.19. The fourth-order valence-corrected chi connectivity index (χ4v) is 1.60. The molecule has 0 radical (unpaired) electrons. The van der Waals surface area contributed by atoms with Crippen LogP contribution in [-0.4, -0.2) is 31.5 Å². The molecule has 0 fully saturated rings. The second-order valence-electron chi connectivity index (χ2n) is 5.34. The molecule has 0 aliphatic carbocycles. The number of aromatic nitrogens is 4. The summed E-state index contributed by atoms with van der Waals surface area (Å²) in [6.45, 7) is 7.32. The zero-order valence-electron chi connectivity index (χ0n) is 12.5. The Morgan fingerprint density at radius 2 is 2.14 bits per heavy atom. The Morgan fingerprint density at radius 1 is 1.38 bits per heavy atom. The molecule has 0 atom stereocenters. The van der Waals surface area contributed by atoms with Gasteiger partial charge in [-0.1, -0.05) is 5.92 Å². The number of alkyl carbamates (subject to hydrolysis) is 1. The molecule has 0 aliphatic rings. The van der Waals surface area contributed by atoms with E-state index in [9.17, 15) is 4.79 Å². The molecule has 0 saturated heterocycles. The van der Waals surface area contributed by atoms with Gasteiger partial charge in [-0.15, -0.1) is 10.2 Å². The van der Waals surface area contributed by atoms with Gasteiger partial charge >= 0.3 is 6.09 Å². The fourth-order valence-electron chi connectivity index (χ4n) is 1.60. The zero-order valence-corrected chi connectivity index (χ0v) is 12.5. The second-order valence-corrected chi connectivity index (χ2v) is 5.34. The van der Waals surface area contributed by atoms with Crippen molar-refractivity contribution >= 4 is 11.7 Å². The van der Waals surface area contributed by atoms with Gasteiger partial charge in [-0.3, -0.25) is 0 Å². The van der Waals surface area contributed by atoms with Crippen molar-refractivity contribution in [2.75, 3.05) is 0 Å². The lowest BCUT2D eigenvalue weighted by Crippen LogP contribution is -2.32. The lowest BCUT2D eigenvalue weighted by atomic mass is 10.2. The average molecular weight is 287 g/mol. The molecule has 0 spiro atoms. The highest BCUT2D eigenvalue weighted by atomic mass is 16.6. The molecule has 0 aromatic carbocycles. The van der Waals surface area contributed by atoms with Crippen molar-refractivity contribution < 1.29 is 9.53 Å². The number of amides is 1. The number of rotatable bonds is 2. The normalized spacial score (nSPS) is 10.9. The molecule has 0 aliphatic heterocycles. The number of nitrogens with zero attached hydrogens (tertiary/aromatic N) is 4. The summed E-state index contributed by atoms with van der Waals surface area (Å²) in [5.41, 5.74) is 0.667. The number of fused-ring (bicyclic) bond motifs is 1. The van der Waals surface area contributed by atoms with E-state index in [4.69, 9.17) is 4.74 Å². The first-order valence-electron chi connectivity index (χ1n) is 6.50. The minimum Gasteiger partial charge on any atom is -0.444 e. The minimum absolute atomic E-state index is 0.173. The number of hydrogen-bond donors (Lipinski definition) is 1. The van der Waals surface area contributed by atoms with E-state index in [-0.39, 0.29) is 6.54 Å². The highest BCUT2D eigenvalue weighted by Crippen LogP contribution is 2.07. The van der Waals surface area contributed by atoms with Crippen molar-refractivity contribution in [1.29, 1.82) is 0 Å². The Hall–Kier alpha value is -2.62. The monoisotopic (exact) mass is 287 g/mol. The number of hydrogen-bond acceptors (Lipinski definition) is 5. The quantitative estimate of drug-likeness (QED) is 0.847. The van der Waals surface area contributed by atoms with Crippen molar-refractivity contribution in [3.8, 4) is 11.8 Å². The predicted octanol–water partition coefficient (Wildman–Crippen LogP) is 1.52. The fraction of sp³-hybridized carbons (Fsp3) is 0.429. The van der Waals surface area contributed by atoms with E-state index in [1.54, 1.807) is 44.3 Å². The Bertz CT molecular complexity index is 718. The molecular weight excluding hydrogens is 270 g/mol. The van der Waals surface area contributed by atoms with Gasteiger partial charge in [0, 0.05) is 0 Å². The highest BCUT2D eigenvalue weighted by Gasteiger charge is 2.16. The van der Waals surface area contributed by atoms with Crippen molar-refractivity contribution in [1.82, 2.24) is 25.1 Å². The topological polar surface area (TPSA) is 81.4 Å². The van der Waals surface area contributed by atoms with E-state index in [1.807, 2.05) is 0 Å². The molecule has 2 aromatic rings. The van der Waals surface area contributed by atoms with Gasteiger partial charge in [0.05, 0.1) is 6.54 Å². The average Bonchev–Trinajstić information content (AvgIpc) is 2.77. The molecule has 0 unspecified atom stereocenters. The number of carbonyl (C=O) groups is 1. The molecule has 2 aromatic heterocycles. The van der Waals surface area contributed by atoms with E-state index in [2.05, 4.69) is 32.5 Å². The second kappa shape index (κ2) is 5.79. The van der Waals surface area contributed by atoms with Gasteiger partial charge in [0.1, 0.15) is 11.3 Å². The van der Waals surface area contributed by atoms with Crippen LogP contribution in [0.4, 0.5) is 4.79 Å². The molecule has 2 heterocycles. The van der Waals surface area contributed by atoms with Crippen LogP contribution in [0.1, 0.15) is 39.2 Å². The third-order valence-corrected chi connectivity index (χ3v) is 2.37. The van der Waals surface area contributed by atoms with Crippen LogP contribution in [0.3, 0.4) is 0 Å². The van der Waals surface area contributed by atoms with Gasteiger partial charge in [-0.25, -0.2) is 4.79 Å². The summed E-state index contributed by atoms with van der Waals surface area (Å²) in [6, 6.07) is 3.54. The molecular formula is C14H17N5O2. The van der Waals surface area contributed by atoms with Gasteiger partial charge in [0.15, 0.2) is 11.5 Å². The molecule has 1 N–H and O–H groups in total. The van der Waals surface area contributed by atoms with Crippen LogP contribution in [0.2, 0.25) is 0 Å².